The summed E-state index contributed by atoms with van der Waals surface area (Å²) in [5, 5.41) is 3.82. The van der Waals surface area contributed by atoms with Crippen LogP contribution >= 0.6 is 0 Å². The summed E-state index contributed by atoms with van der Waals surface area (Å²) in [6.07, 6.45) is 9.71. The number of hydrogen-bond donors (Lipinski definition) is 1. The minimum Gasteiger partial charge on any atom is -0.313 e. The van der Waals surface area contributed by atoms with Gasteiger partial charge in [-0.2, -0.15) is 0 Å². The molecule has 0 aromatic heterocycles. The summed E-state index contributed by atoms with van der Waals surface area (Å²) in [6, 6.07) is 0.755. The monoisotopic (exact) mass is 225 g/mol. The van der Waals surface area contributed by atoms with E-state index >= 15 is 0 Å². The fourth-order valence-corrected chi connectivity index (χ4v) is 3.03. The van der Waals surface area contributed by atoms with Gasteiger partial charge in [-0.15, -0.1) is 0 Å². The van der Waals surface area contributed by atoms with Gasteiger partial charge in [0.05, 0.1) is 0 Å². The lowest BCUT2D eigenvalue weighted by Crippen LogP contribution is -2.43. The highest BCUT2D eigenvalue weighted by molar-refractivity contribution is 4.92. The SMILES string of the molecule is CCCNC(CC(C)CC)C1(C)CCCC1. The first-order valence-corrected chi connectivity index (χ1v) is 7.35. The fourth-order valence-electron chi connectivity index (χ4n) is 3.03. The molecule has 16 heavy (non-hydrogen) atoms. The molecule has 0 spiro atoms. The summed E-state index contributed by atoms with van der Waals surface area (Å²) in [5.74, 6) is 0.867. The van der Waals surface area contributed by atoms with Crippen LogP contribution in [0.15, 0.2) is 0 Å². The van der Waals surface area contributed by atoms with Crippen molar-refractivity contribution in [1.29, 1.82) is 0 Å². The molecule has 2 atom stereocenters. The molecule has 1 nitrogen and oxygen atoms in total. The molecule has 1 aliphatic rings. The van der Waals surface area contributed by atoms with Crippen LogP contribution in [0.1, 0.15) is 72.6 Å². The molecular weight excluding hydrogens is 194 g/mol. The highest BCUT2D eigenvalue weighted by atomic mass is 14.9. The molecule has 1 N–H and O–H groups in total. The van der Waals surface area contributed by atoms with Crippen molar-refractivity contribution in [3.63, 3.8) is 0 Å². The largest absolute Gasteiger partial charge is 0.313 e. The van der Waals surface area contributed by atoms with E-state index in [2.05, 4.69) is 33.0 Å². The quantitative estimate of drug-likeness (QED) is 0.678. The van der Waals surface area contributed by atoms with Gasteiger partial charge in [0, 0.05) is 6.04 Å². The lowest BCUT2D eigenvalue weighted by atomic mass is 9.76. The second-order valence-corrected chi connectivity index (χ2v) is 6.12. The Balaban J connectivity index is 2.54. The van der Waals surface area contributed by atoms with Crippen molar-refractivity contribution in [3.05, 3.63) is 0 Å². The Morgan fingerprint density at radius 1 is 1.19 bits per heavy atom. The standard InChI is InChI=1S/C15H31N/c1-5-11-16-14(12-13(3)6-2)15(4)9-7-8-10-15/h13-14,16H,5-12H2,1-4H3. The van der Waals surface area contributed by atoms with E-state index in [0.717, 1.165) is 12.0 Å². The van der Waals surface area contributed by atoms with Crippen molar-refractivity contribution in [2.75, 3.05) is 6.54 Å². The highest BCUT2D eigenvalue weighted by Gasteiger charge is 2.36. The van der Waals surface area contributed by atoms with E-state index in [1.807, 2.05) is 0 Å². The molecular formula is C15H31N. The molecule has 0 saturated heterocycles. The zero-order valence-corrected chi connectivity index (χ0v) is 11.8. The van der Waals surface area contributed by atoms with E-state index < -0.39 is 0 Å². The van der Waals surface area contributed by atoms with Crippen LogP contribution in [-0.2, 0) is 0 Å². The molecule has 0 radical (unpaired) electrons. The molecule has 0 aromatic carbocycles. The predicted molar refractivity (Wildman–Crippen MR) is 72.7 cm³/mol. The van der Waals surface area contributed by atoms with Gasteiger partial charge in [-0.1, -0.05) is 47.0 Å². The van der Waals surface area contributed by atoms with Gasteiger partial charge < -0.3 is 5.32 Å². The average Bonchev–Trinajstić information content (AvgIpc) is 2.72. The Hall–Kier alpha value is -0.0400. The summed E-state index contributed by atoms with van der Waals surface area (Å²) in [7, 11) is 0. The van der Waals surface area contributed by atoms with Crippen molar-refractivity contribution in [2.24, 2.45) is 11.3 Å². The van der Waals surface area contributed by atoms with Gasteiger partial charge in [0.25, 0.3) is 0 Å². The first-order chi connectivity index (χ1) is 7.62. The normalized spacial score (nSPS) is 23.2. The second-order valence-electron chi connectivity index (χ2n) is 6.12. The minimum atomic E-state index is 0.582. The smallest absolute Gasteiger partial charge is 0.0123 e. The third kappa shape index (κ3) is 3.76. The first-order valence-electron chi connectivity index (χ1n) is 7.35. The zero-order chi connectivity index (χ0) is 12.0. The summed E-state index contributed by atoms with van der Waals surface area (Å²) < 4.78 is 0. The summed E-state index contributed by atoms with van der Waals surface area (Å²) in [5.41, 5.74) is 0.582. The van der Waals surface area contributed by atoms with Crippen LogP contribution in [0.2, 0.25) is 0 Å². The van der Waals surface area contributed by atoms with Gasteiger partial charge in [0.15, 0.2) is 0 Å². The highest BCUT2D eigenvalue weighted by Crippen LogP contribution is 2.42. The number of hydrogen-bond acceptors (Lipinski definition) is 1. The lowest BCUT2D eigenvalue weighted by molar-refractivity contribution is 0.190. The van der Waals surface area contributed by atoms with Crippen molar-refractivity contribution in [2.45, 2.75) is 78.7 Å². The lowest BCUT2D eigenvalue weighted by Gasteiger charge is -2.36. The third-order valence-corrected chi connectivity index (χ3v) is 4.56. The molecule has 1 rings (SSSR count). The fraction of sp³-hybridized carbons (Fsp3) is 1.00. The molecule has 1 saturated carbocycles. The maximum Gasteiger partial charge on any atom is 0.0123 e. The van der Waals surface area contributed by atoms with Gasteiger partial charge in [0.1, 0.15) is 0 Å². The average molecular weight is 225 g/mol. The Kier molecular flexibility index (Phi) is 5.82. The van der Waals surface area contributed by atoms with Crippen LogP contribution in [-0.4, -0.2) is 12.6 Å². The van der Waals surface area contributed by atoms with Crippen LogP contribution in [0.25, 0.3) is 0 Å². The predicted octanol–water partition coefficient (Wildman–Crippen LogP) is 4.37. The van der Waals surface area contributed by atoms with Gasteiger partial charge in [0.2, 0.25) is 0 Å². The molecule has 0 bridgehead atoms. The summed E-state index contributed by atoms with van der Waals surface area (Å²) in [4.78, 5) is 0. The summed E-state index contributed by atoms with van der Waals surface area (Å²) in [6.45, 7) is 10.7. The number of nitrogens with one attached hydrogen (secondary N) is 1. The van der Waals surface area contributed by atoms with Crippen molar-refractivity contribution >= 4 is 0 Å². The van der Waals surface area contributed by atoms with E-state index in [1.54, 1.807) is 0 Å². The van der Waals surface area contributed by atoms with Crippen molar-refractivity contribution < 1.29 is 0 Å². The van der Waals surface area contributed by atoms with Crippen LogP contribution in [0.4, 0.5) is 0 Å². The molecule has 0 aliphatic heterocycles. The van der Waals surface area contributed by atoms with E-state index in [0.29, 0.717) is 5.41 Å². The summed E-state index contributed by atoms with van der Waals surface area (Å²) >= 11 is 0. The maximum absolute atomic E-state index is 3.82. The van der Waals surface area contributed by atoms with Crippen LogP contribution in [0.3, 0.4) is 0 Å². The second kappa shape index (κ2) is 6.64. The molecule has 2 unspecified atom stereocenters. The molecule has 96 valence electrons. The van der Waals surface area contributed by atoms with Gasteiger partial charge >= 0.3 is 0 Å². The van der Waals surface area contributed by atoms with Crippen LogP contribution < -0.4 is 5.32 Å². The minimum absolute atomic E-state index is 0.582. The van der Waals surface area contributed by atoms with E-state index in [1.165, 1.54) is 51.5 Å². The maximum atomic E-state index is 3.82. The molecule has 0 heterocycles. The van der Waals surface area contributed by atoms with E-state index in [-0.39, 0.29) is 0 Å². The van der Waals surface area contributed by atoms with Crippen molar-refractivity contribution in [1.82, 2.24) is 5.32 Å². The Morgan fingerprint density at radius 2 is 1.81 bits per heavy atom. The molecule has 0 amide bonds. The van der Waals surface area contributed by atoms with Crippen LogP contribution in [0.5, 0.6) is 0 Å². The Labute approximate surface area is 102 Å². The first kappa shape index (κ1) is 14.0. The molecule has 1 heteroatoms. The van der Waals surface area contributed by atoms with E-state index in [4.69, 9.17) is 0 Å². The molecule has 1 aliphatic carbocycles. The van der Waals surface area contributed by atoms with Gasteiger partial charge in [-0.25, -0.2) is 0 Å². The van der Waals surface area contributed by atoms with Gasteiger partial charge in [-0.3, -0.25) is 0 Å². The third-order valence-electron chi connectivity index (χ3n) is 4.56. The van der Waals surface area contributed by atoms with Gasteiger partial charge in [-0.05, 0) is 43.6 Å². The Morgan fingerprint density at radius 3 is 2.31 bits per heavy atom. The topological polar surface area (TPSA) is 12.0 Å². The van der Waals surface area contributed by atoms with Crippen molar-refractivity contribution in [3.8, 4) is 0 Å². The zero-order valence-electron chi connectivity index (χ0n) is 11.8. The Bertz CT molecular complexity index is 182. The molecule has 0 aromatic rings. The number of rotatable bonds is 7. The molecule has 1 fully saturated rings. The van der Waals surface area contributed by atoms with Crippen LogP contribution in [0, 0.1) is 11.3 Å². The van der Waals surface area contributed by atoms with E-state index in [9.17, 15) is 0 Å².